The van der Waals surface area contributed by atoms with E-state index in [1.165, 1.54) is 0 Å². The van der Waals surface area contributed by atoms with Crippen LogP contribution in [0.3, 0.4) is 0 Å². The normalized spacial score (nSPS) is 16.4. The molecule has 0 fully saturated rings. The summed E-state index contributed by atoms with van der Waals surface area (Å²) in [6, 6.07) is -0.0570. The Kier molecular flexibility index (Phi) is 2.39. The molecule has 0 radical (unpaired) electrons. The summed E-state index contributed by atoms with van der Waals surface area (Å²) in [7, 11) is -9.84. The van der Waals surface area contributed by atoms with Crippen molar-refractivity contribution in [3.63, 3.8) is 0 Å². The Labute approximate surface area is 94.9 Å². The molecule has 0 saturated carbocycles. The van der Waals surface area contributed by atoms with Crippen molar-refractivity contribution in [2.45, 2.75) is 4.90 Å². The minimum atomic E-state index is -9.84. The number of phenolic OH excluding ortho intramolecular Hbond substituents is 1. The number of halogens is 6. The SMILES string of the molecule is O=Cc1cc(S(F)(F)(F)(F)F)cc(Br)c1O. The number of aldehydes is 1. The molecule has 2 nitrogen and oxygen atoms in total. The summed E-state index contributed by atoms with van der Waals surface area (Å²) in [6.45, 7) is 0. The van der Waals surface area contributed by atoms with E-state index in [2.05, 4.69) is 15.9 Å². The van der Waals surface area contributed by atoms with Gasteiger partial charge in [0, 0.05) is 0 Å². The van der Waals surface area contributed by atoms with Crippen molar-refractivity contribution >= 4 is 32.4 Å². The van der Waals surface area contributed by atoms with Gasteiger partial charge in [-0.05, 0) is 28.1 Å². The predicted octanol–water partition coefficient (Wildman–Crippen LogP) is 4.62. The molecule has 1 N–H and O–H groups in total. The van der Waals surface area contributed by atoms with E-state index < -0.39 is 30.9 Å². The first-order chi connectivity index (χ1) is 6.85. The van der Waals surface area contributed by atoms with Gasteiger partial charge < -0.3 is 5.11 Å². The van der Waals surface area contributed by atoms with Crippen LogP contribution in [0, 0.1) is 0 Å². The van der Waals surface area contributed by atoms with Crippen molar-refractivity contribution in [2.75, 3.05) is 0 Å². The number of phenols is 1. The maximum absolute atomic E-state index is 12.4. The summed E-state index contributed by atoms with van der Waals surface area (Å²) in [4.78, 5) is 8.06. The number of carbonyl (C=O) groups excluding carboxylic acids is 1. The zero-order chi connectivity index (χ0) is 12.8. The average molecular weight is 327 g/mol. The Morgan fingerprint density at radius 3 is 2.06 bits per heavy atom. The van der Waals surface area contributed by atoms with Crippen molar-refractivity contribution in [2.24, 2.45) is 0 Å². The summed E-state index contributed by atoms with van der Waals surface area (Å²) in [6.07, 6.45) is -0.146. The number of aromatic hydroxyl groups is 1. The highest BCUT2D eigenvalue weighted by atomic mass is 79.9. The first kappa shape index (κ1) is 13.2. The number of hydrogen-bond donors (Lipinski definition) is 1. The molecule has 0 amide bonds. The van der Waals surface area contributed by atoms with Gasteiger partial charge in [0.25, 0.3) is 0 Å². The Bertz CT molecular complexity index is 469. The molecule has 1 aromatic carbocycles. The van der Waals surface area contributed by atoms with E-state index >= 15 is 0 Å². The largest absolute Gasteiger partial charge is 0.506 e. The third-order valence-electron chi connectivity index (χ3n) is 1.64. The Balaban J connectivity index is 3.64. The number of carbonyl (C=O) groups is 1. The molecule has 92 valence electrons. The lowest BCUT2D eigenvalue weighted by Crippen LogP contribution is -2.06. The Hall–Kier alpha value is -0.830. The molecular formula is C7H4BrF5O2S. The van der Waals surface area contributed by atoms with E-state index in [4.69, 9.17) is 5.11 Å². The highest BCUT2D eigenvalue weighted by Gasteiger charge is 2.65. The minimum absolute atomic E-state index is 0.0316. The van der Waals surface area contributed by atoms with Crippen LogP contribution in [-0.2, 0) is 0 Å². The predicted molar refractivity (Wildman–Crippen MR) is 52.6 cm³/mol. The van der Waals surface area contributed by atoms with Crippen molar-refractivity contribution in [1.82, 2.24) is 0 Å². The maximum atomic E-state index is 12.4. The molecule has 16 heavy (non-hydrogen) atoms. The first-order valence-corrected chi connectivity index (χ1v) is 6.31. The molecule has 0 aliphatic rings. The molecule has 0 atom stereocenters. The van der Waals surface area contributed by atoms with Crippen LogP contribution in [0.5, 0.6) is 5.75 Å². The molecule has 0 spiro atoms. The second-order valence-electron chi connectivity index (χ2n) is 2.93. The van der Waals surface area contributed by atoms with Crippen molar-refractivity contribution in [3.05, 3.63) is 22.2 Å². The van der Waals surface area contributed by atoms with E-state index in [0.717, 1.165) is 0 Å². The van der Waals surface area contributed by atoms with Crippen LogP contribution in [0.4, 0.5) is 19.4 Å². The molecule has 0 aliphatic heterocycles. The Morgan fingerprint density at radius 2 is 1.69 bits per heavy atom. The molecule has 1 aromatic rings. The summed E-state index contributed by atoms with van der Waals surface area (Å²) in [5, 5.41) is 9.08. The molecule has 0 saturated heterocycles. The summed E-state index contributed by atoms with van der Waals surface area (Å²) < 4.78 is 61.2. The molecule has 0 bridgehead atoms. The number of benzene rings is 1. The number of rotatable bonds is 2. The van der Waals surface area contributed by atoms with Crippen molar-refractivity contribution < 1.29 is 29.3 Å². The van der Waals surface area contributed by atoms with Crippen LogP contribution in [0.2, 0.25) is 0 Å². The van der Waals surface area contributed by atoms with Gasteiger partial charge in [-0.25, -0.2) is 0 Å². The summed E-state index contributed by atoms with van der Waals surface area (Å²) in [5.41, 5.74) is -0.863. The maximum Gasteiger partial charge on any atom is 0.310 e. The van der Waals surface area contributed by atoms with E-state index in [1.807, 2.05) is 0 Å². The van der Waals surface area contributed by atoms with E-state index in [1.54, 1.807) is 0 Å². The zero-order valence-electron chi connectivity index (χ0n) is 7.26. The van der Waals surface area contributed by atoms with Gasteiger partial charge in [-0.15, -0.1) is 0 Å². The second kappa shape index (κ2) is 2.89. The average Bonchev–Trinajstić information content (AvgIpc) is 2.05. The zero-order valence-corrected chi connectivity index (χ0v) is 9.67. The van der Waals surface area contributed by atoms with Gasteiger partial charge >= 0.3 is 10.2 Å². The van der Waals surface area contributed by atoms with Gasteiger partial charge in [-0.1, -0.05) is 19.4 Å². The fraction of sp³-hybridized carbons (Fsp3) is 0. The summed E-state index contributed by atoms with van der Waals surface area (Å²) in [5.74, 6) is -0.819. The fourth-order valence-electron chi connectivity index (χ4n) is 0.907. The first-order valence-electron chi connectivity index (χ1n) is 3.57. The third-order valence-corrected chi connectivity index (χ3v) is 3.37. The lowest BCUT2D eigenvalue weighted by molar-refractivity contribution is 0.112. The van der Waals surface area contributed by atoms with Gasteiger partial charge in [-0.2, -0.15) is 0 Å². The monoisotopic (exact) mass is 326 g/mol. The smallest absolute Gasteiger partial charge is 0.310 e. The van der Waals surface area contributed by atoms with Gasteiger partial charge in [0.2, 0.25) is 0 Å². The lowest BCUT2D eigenvalue weighted by atomic mass is 10.2. The molecular weight excluding hydrogens is 323 g/mol. The molecule has 0 aromatic heterocycles. The molecule has 9 heteroatoms. The highest BCUT2D eigenvalue weighted by molar-refractivity contribution is 9.10. The van der Waals surface area contributed by atoms with E-state index in [-0.39, 0.29) is 18.4 Å². The molecule has 1 rings (SSSR count). The fourth-order valence-corrected chi connectivity index (χ4v) is 2.22. The minimum Gasteiger partial charge on any atom is -0.506 e. The van der Waals surface area contributed by atoms with Crippen LogP contribution in [-0.4, -0.2) is 11.4 Å². The lowest BCUT2D eigenvalue weighted by Gasteiger charge is -2.40. The molecule has 0 heterocycles. The summed E-state index contributed by atoms with van der Waals surface area (Å²) >= 11 is 2.46. The van der Waals surface area contributed by atoms with Gasteiger partial charge in [-0.3, -0.25) is 4.79 Å². The quantitative estimate of drug-likeness (QED) is 0.635. The van der Waals surface area contributed by atoms with Gasteiger partial charge in [0.15, 0.2) is 6.29 Å². The topological polar surface area (TPSA) is 37.3 Å². The van der Waals surface area contributed by atoms with E-state index in [0.29, 0.717) is 0 Å². The van der Waals surface area contributed by atoms with E-state index in [9.17, 15) is 24.2 Å². The van der Waals surface area contributed by atoms with Crippen LogP contribution in [0.25, 0.3) is 0 Å². The highest BCUT2D eigenvalue weighted by Crippen LogP contribution is 3.02. The van der Waals surface area contributed by atoms with Gasteiger partial charge in [0.1, 0.15) is 10.6 Å². The van der Waals surface area contributed by atoms with Gasteiger partial charge in [0.05, 0.1) is 10.0 Å². The molecule has 0 unspecified atom stereocenters. The van der Waals surface area contributed by atoms with Crippen molar-refractivity contribution in [3.8, 4) is 5.75 Å². The van der Waals surface area contributed by atoms with Crippen LogP contribution in [0.15, 0.2) is 21.5 Å². The standard InChI is InChI=1S/C7H4BrF5O2S/c8-6-2-5(16(9,10,11,12)13)1-4(3-14)7(6)15/h1-3,15H. The second-order valence-corrected chi connectivity index (χ2v) is 6.19. The number of hydrogen-bond acceptors (Lipinski definition) is 2. The van der Waals surface area contributed by atoms with Crippen molar-refractivity contribution in [1.29, 1.82) is 0 Å². The third kappa shape index (κ3) is 2.64. The van der Waals surface area contributed by atoms with Crippen LogP contribution < -0.4 is 0 Å². The Morgan fingerprint density at radius 1 is 1.19 bits per heavy atom. The van der Waals surface area contributed by atoms with Crippen LogP contribution >= 0.6 is 26.2 Å². The molecule has 0 aliphatic carbocycles. The van der Waals surface area contributed by atoms with Crippen LogP contribution in [0.1, 0.15) is 10.4 Å².